The van der Waals surface area contributed by atoms with Crippen LogP contribution in [0.25, 0.3) is 0 Å². The van der Waals surface area contributed by atoms with E-state index < -0.39 is 0 Å². The molecule has 1 fully saturated rings. The van der Waals surface area contributed by atoms with Crippen LogP contribution < -0.4 is 24.8 Å². The van der Waals surface area contributed by atoms with Crippen LogP contribution in [0.2, 0.25) is 0 Å². The molecule has 15 heavy (non-hydrogen) atoms. The third-order valence-corrected chi connectivity index (χ3v) is 3.02. The summed E-state index contributed by atoms with van der Waals surface area (Å²) < 4.78 is 0. The van der Waals surface area contributed by atoms with Crippen LogP contribution in [-0.4, -0.2) is 50.1 Å². The van der Waals surface area contributed by atoms with Gasteiger partial charge in [0.2, 0.25) is 0 Å². The molecule has 0 aromatic carbocycles. The molecular formula is C10H22Cl2CuN2. The van der Waals surface area contributed by atoms with Gasteiger partial charge in [0.1, 0.15) is 0 Å². The maximum atomic E-state index is 2.38. The van der Waals surface area contributed by atoms with Crippen molar-refractivity contribution in [3.8, 4) is 0 Å². The second-order valence-corrected chi connectivity index (χ2v) is 4.35. The maximum Gasteiger partial charge on any atom is 2.00 e. The third-order valence-electron chi connectivity index (χ3n) is 3.02. The molecule has 1 rings (SSSR count). The van der Waals surface area contributed by atoms with Crippen LogP contribution in [0.4, 0.5) is 0 Å². The molecule has 0 bridgehead atoms. The first-order valence-corrected chi connectivity index (χ1v) is 4.96. The van der Waals surface area contributed by atoms with Gasteiger partial charge >= 0.3 is 17.1 Å². The van der Waals surface area contributed by atoms with Crippen LogP contribution >= 0.6 is 0 Å². The molecule has 0 aromatic rings. The van der Waals surface area contributed by atoms with Crippen LogP contribution in [0.1, 0.15) is 25.7 Å². The number of hydrogen-bond donors (Lipinski definition) is 0. The summed E-state index contributed by atoms with van der Waals surface area (Å²) in [6.45, 7) is 0. The second-order valence-electron chi connectivity index (χ2n) is 4.35. The molecule has 5 heteroatoms. The Hall–Kier alpha value is 1.02. The summed E-state index contributed by atoms with van der Waals surface area (Å²) >= 11 is 0. The molecule has 2 unspecified atom stereocenters. The monoisotopic (exact) mass is 303 g/mol. The van der Waals surface area contributed by atoms with Crippen LogP contribution in [0.15, 0.2) is 0 Å². The summed E-state index contributed by atoms with van der Waals surface area (Å²) in [5.74, 6) is 0. The number of likely N-dealkylation sites (N-methyl/N-ethyl adjacent to an activating group) is 2. The average Bonchev–Trinajstić information content (AvgIpc) is 2.04. The van der Waals surface area contributed by atoms with E-state index in [2.05, 4.69) is 38.0 Å². The Morgan fingerprint density at radius 1 is 0.733 bits per heavy atom. The largest absolute Gasteiger partial charge is 2.00 e. The van der Waals surface area contributed by atoms with E-state index in [0.29, 0.717) is 0 Å². The molecule has 2 nitrogen and oxygen atoms in total. The standard InChI is InChI=1S/C10H22N2.2ClH.Cu/c1-11(2)9-7-5-6-8-10(9)12(3)4;;;/h9-10H,5-8H2,1-4H3;2*1H;/q;;;+2/p-2. The molecule has 97 valence electrons. The van der Waals surface area contributed by atoms with Crippen LogP contribution in [0.3, 0.4) is 0 Å². The Kier molecular flexibility index (Phi) is 14.5. The second kappa shape index (κ2) is 10.2. The van der Waals surface area contributed by atoms with Gasteiger partial charge in [0.05, 0.1) is 0 Å². The Morgan fingerprint density at radius 2 is 1.00 bits per heavy atom. The number of rotatable bonds is 2. The first kappa shape index (κ1) is 21.3. The van der Waals surface area contributed by atoms with Gasteiger partial charge in [-0.25, -0.2) is 0 Å². The van der Waals surface area contributed by atoms with Gasteiger partial charge in [0.25, 0.3) is 0 Å². The summed E-state index contributed by atoms with van der Waals surface area (Å²) in [7, 11) is 8.80. The van der Waals surface area contributed by atoms with E-state index in [4.69, 9.17) is 0 Å². The quantitative estimate of drug-likeness (QED) is 0.474. The van der Waals surface area contributed by atoms with Crippen molar-refractivity contribution in [1.29, 1.82) is 0 Å². The van der Waals surface area contributed by atoms with Crippen LogP contribution in [-0.2, 0) is 17.1 Å². The van der Waals surface area contributed by atoms with Gasteiger partial charge < -0.3 is 34.6 Å². The van der Waals surface area contributed by atoms with Crippen molar-refractivity contribution in [1.82, 2.24) is 9.80 Å². The molecule has 2 atom stereocenters. The summed E-state index contributed by atoms with van der Waals surface area (Å²) in [5.41, 5.74) is 0. The molecule has 0 saturated heterocycles. The normalized spacial score (nSPS) is 25.2. The number of hydrogen-bond acceptors (Lipinski definition) is 2. The van der Waals surface area contributed by atoms with Gasteiger partial charge in [0, 0.05) is 12.1 Å². The maximum absolute atomic E-state index is 2.38. The first-order chi connectivity index (χ1) is 5.63. The molecule has 1 aliphatic carbocycles. The minimum absolute atomic E-state index is 0. The molecule has 1 radical (unpaired) electrons. The Balaban J connectivity index is -0.000000480. The predicted octanol–water partition coefficient (Wildman–Crippen LogP) is -4.57. The van der Waals surface area contributed by atoms with Gasteiger partial charge in [-0.05, 0) is 41.0 Å². The fourth-order valence-electron chi connectivity index (χ4n) is 2.30. The van der Waals surface area contributed by atoms with E-state index in [0.717, 1.165) is 12.1 Å². The van der Waals surface area contributed by atoms with Gasteiger partial charge in [0.15, 0.2) is 0 Å². The molecule has 0 N–H and O–H groups in total. The van der Waals surface area contributed by atoms with E-state index in [1.165, 1.54) is 25.7 Å². The van der Waals surface area contributed by atoms with E-state index >= 15 is 0 Å². The van der Waals surface area contributed by atoms with Crippen molar-refractivity contribution in [3.05, 3.63) is 0 Å². The zero-order valence-electron chi connectivity index (χ0n) is 9.93. The first-order valence-electron chi connectivity index (χ1n) is 4.96. The van der Waals surface area contributed by atoms with E-state index in [1.807, 2.05) is 0 Å². The zero-order chi connectivity index (χ0) is 9.14. The predicted molar refractivity (Wildman–Crippen MR) is 53.4 cm³/mol. The molecule has 0 amide bonds. The molecule has 0 heterocycles. The van der Waals surface area contributed by atoms with Gasteiger partial charge in [-0.15, -0.1) is 0 Å². The van der Waals surface area contributed by atoms with Crippen molar-refractivity contribution in [2.75, 3.05) is 28.2 Å². The van der Waals surface area contributed by atoms with Crippen LogP contribution in [0.5, 0.6) is 0 Å². The van der Waals surface area contributed by atoms with E-state index in [9.17, 15) is 0 Å². The van der Waals surface area contributed by atoms with Crippen molar-refractivity contribution < 1.29 is 41.9 Å². The van der Waals surface area contributed by atoms with Crippen molar-refractivity contribution in [3.63, 3.8) is 0 Å². The number of halogens is 2. The Morgan fingerprint density at radius 3 is 1.20 bits per heavy atom. The summed E-state index contributed by atoms with van der Waals surface area (Å²) in [6.07, 6.45) is 5.56. The van der Waals surface area contributed by atoms with Crippen molar-refractivity contribution in [2.24, 2.45) is 0 Å². The zero-order valence-corrected chi connectivity index (χ0v) is 12.4. The SMILES string of the molecule is CN(C)C1CCCCC1N(C)C.[Cl-].[Cl-].[Cu+2]. The smallest absolute Gasteiger partial charge is 1.00 e. The Bertz CT molecular complexity index is 129. The minimum Gasteiger partial charge on any atom is -1.00 e. The molecular weight excluding hydrogens is 283 g/mol. The van der Waals surface area contributed by atoms with Gasteiger partial charge in [-0.1, -0.05) is 12.8 Å². The fraction of sp³-hybridized carbons (Fsp3) is 1.00. The summed E-state index contributed by atoms with van der Waals surface area (Å²) in [6, 6.07) is 1.54. The van der Waals surface area contributed by atoms with Gasteiger partial charge in [-0.3, -0.25) is 0 Å². The Labute approximate surface area is 117 Å². The summed E-state index contributed by atoms with van der Waals surface area (Å²) in [5, 5.41) is 0. The molecule has 0 aliphatic heterocycles. The van der Waals surface area contributed by atoms with E-state index in [1.54, 1.807) is 0 Å². The van der Waals surface area contributed by atoms with E-state index in [-0.39, 0.29) is 41.9 Å². The third kappa shape index (κ3) is 6.35. The van der Waals surface area contributed by atoms with Gasteiger partial charge in [-0.2, -0.15) is 0 Å². The fourth-order valence-corrected chi connectivity index (χ4v) is 2.30. The topological polar surface area (TPSA) is 6.48 Å². The molecule has 1 aliphatic rings. The summed E-state index contributed by atoms with van der Waals surface area (Å²) in [4.78, 5) is 4.76. The number of nitrogens with zero attached hydrogens (tertiary/aromatic N) is 2. The molecule has 0 spiro atoms. The van der Waals surface area contributed by atoms with Crippen LogP contribution in [0, 0.1) is 0 Å². The van der Waals surface area contributed by atoms with Crippen molar-refractivity contribution >= 4 is 0 Å². The molecule has 1 saturated carbocycles. The van der Waals surface area contributed by atoms with Crippen molar-refractivity contribution in [2.45, 2.75) is 37.8 Å². The average molecular weight is 305 g/mol. The minimum atomic E-state index is 0. The molecule has 0 aromatic heterocycles.